The molecule has 0 atom stereocenters. The van der Waals surface area contributed by atoms with Crippen LogP contribution in [0.15, 0.2) is 48.5 Å². The molecule has 1 aliphatic rings. The Morgan fingerprint density at radius 1 is 1.16 bits per heavy atom. The summed E-state index contributed by atoms with van der Waals surface area (Å²) in [6.07, 6.45) is 0. The van der Waals surface area contributed by atoms with Crippen molar-refractivity contribution in [2.24, 2.45) is 0 Å². The molecule has 0 saturated heterocycles. The molecular formula is C19H15N3O3. The summed E-state index contributed by atoms with van der Waals surface area (Å²) in [5, 5.41) is 16.0. The molecule has 0 saturated carbocycles. The number of hydrogen-bond acceptors (Lipinski definition) is 3. The molecule has 0 unspecified atom stereocenters. The second-order valence-electron chi connectivity index (χ2n) is 5.95. The first-order valence-electron chi connectivity index (χ1n) is 7.85. The van der Waals surface area contributed by atoms with Gasteiger partial charge in [-0.2, -0.15) is 5.10 Å². The third-order valence-corrected chi connectivity index (χ3v) is 4.38. The minimum Gasteiger partial charge on any atom is -0.476 e. The van der Waals surface area contributed by atoms with Crippen molar-refractivity contribution in [3.63, 3.8) is 0 Å². The van der Waals surface area contributed by atoms with Gasteiger partial charge < -0.3 is 10.4 Å². The number of aryl methyl sites for hydroxylation is 1. The number of nitrogens with zero attached hydrogens (tertiary/aromatic N) is 2. The van der Waals surface area contributed by atoms with Gasteiger partial charge in [0.15, 0.2) is 5.69 Å². The van der Waals surface area contributed by atoms with Crippen LogP contribution in [0.4, 0.5) is 0 Å². The smallest absolute Gasteiger partial charge is 0.356 e. The first kappa shape index (κ1) is 15.1. The highest BCUT2D eigenvalue weighted by atomic mass is 16.4. The van der Waals surface area contributed by atoms with Gasteiger partial charge in [-0.15, -0.1) is 0 Å². The topological polar surface area (TPSA) is 84.2 Å². The highest BCUT2D eigenvalue weighted by molar-refractivity contribution is 6.00. The summed E-state index contributed by atoms with van der Waals surface area (Å²) in [7, 11) is 0. The number of rotatable bonds is 3. The largest absolute Gasteiger partial charge is 0.476 e. The summed E-state index contributed by atoms with van der Waals surface area (Å²) < 4.78 is 1.60. The van der Waals surface area contributed by atoms with E-state index in [4.69, 9.17) is 5.11 Å². The molecule has 2 aromatic carbocycles. The van der Waals surface area contributed by atoms with Crippen molar-refractivity contribution in [3.05, 3.63) is 71.0 Å². The molecule has 0 fully saturated rings. The Morgan fingerprint density at radius 3 is 2.56 bits per heavy atom. The molecule has 6 heteroatoms. The summed E-state index contributed by atoms with van der Waals surface area (Å²) in [6, 6.07) is 14.9. The first-order chi connectivity index (χ1) is 12.0. The highest BCUT2D eigenvalue weighted by Crippen LogP contribution is 2.29. The highest BCUT2D eigenvalue weighted by Gasteiger charge is 2.21. The Morgan fingerprint density at radius 2 is 1.88 bits per heavy atom. The minimum absolute atomic E-state index is 0.0204. The van der Waals surface area contributed by atoms with Gasteiger partial charge in [0.2, 0.25) is 0 Å². The maximum Gasteiger partial charge on any atom is 0.356 e. The zero-order valence-corrected chi connectivity index (χ0v) is 13.5. The lowest BCUT2D eigenvalue weighted by Gasteiger charge is -2.09. The lowest BCUT2D eigenvalue weighted by Crippen LogP contribution is -2.12. The van der Waals surface area contributed by atoms with E-state index in [1.54, 1.807) is 4.68 Å². The average molecular weight is 333 g/mol. The van der Waals surface area contributed by atoms with Crippen LogP contribution < -0.4 is 5.32 Å². The van der Waals surface area contributed by atoms with Gasteiger partial charge in [0, 0.05) is 17.8 Å². The van der Waals surface area contributed by atoms with Crippen LogP contribution in [0.2, 0.25) is 0 Å². The van der Waals surface area contributed by atoms with Gasteiger partial charge in [-0.1, -0.05) is 24.3 Å². The summed E-state index contributed by atoms with van der Waals surface area (Å²) in [5.41, 5.74) is 5.30. The van der Waals surface area contributed by atoms with E-state index < -0.39 is 5.97 Å². The van der Waals surface area contributed by atoms with Crippen LogP contribution >= 0.6 is 0 Å². The molecular weight excluding hydrogens is 318 g/mol. The van der Waals surface area contributed by atoms with E-state index >= 15 is 0 Å². The Bertz CT molecular complexity index is 1000. The average Bonchev–Trinajstić information content (AvgIpc) is 3.19. The number of carbonyl (C=O) groups is 2. The minimum atomic E-state index is -1.05. The zero-order chi connectivity index (χ0) is 17.6. The molecule has 0 aliphatic carbocycles. The predicted octanol–water partition coefficient (Wildman–Crippen LogP) is 2.79. The normalized spacial score (nSPS) is 12.8. The number of carbonyl (C=O) groups excluding carboxylic acids is 1. The Kier molecular flexibility index (Phi) is 3.39. The van der Waals surface area contributed by atoms with E-state index in [1.165, 1.54) is 6.07 Å². The second-order valence-corrected chi connectivity index (χ2v) is 5.95. The van der Waals surface area contributed by atoms with E-state index in [0.717, 1.165) is 33.6 Å². The van der Waals surface area contributed by atoms with Crippen molar-refractivity contribution in [2.75, 3.05) is 0 Å². The SMILES string of the molecule is Cc1cc(C(=O)O)nn1-c1ccc(-c2cccc3c2CNC3=O)cc1. The molecule has 2 heterocycles. The molecule has 25 heavy (non-hydrogen) atoms. The molecule has 0 spiro atoms. The lowest BCUT2D eigenvalue weighted by molar-refractivity contribution is 0.0689. The third-order valence-electron chi connectivity index (χ3n) is 4.38. The van der Waals surface area contributed by atoms with Crippen LogP contribution in [0, 0.1) is 6.92 Å². The van der Waals surface area contributed by atoms with Crippen molar-refractivity contribution in [2.45, 2.75) is 13.5 Å². The summed E-state index contributed by atoms with van der Waals surface area (Å²) in [5.74, 6) is -1.09. The number of nitrogens with one attached hydrogen (secondary N) is 1. The fourth-order valence-electron chi connectivity index (χ4n) is 3.15. The van der Waals surface area contributed by atoms with Gasteiger partial charge in [0.05, 0.1) is 5.69 Å². The molecule has 0 radical (unpaired) electrons. The summed E-state index contributed by atoms with van der Waals surface area (Å²) in [6.45, 7) is 2.35. The first-order valence-corrected chi connectivity index (χ1v) is 7.85. The Balaban J connectivity index is 1.73. The van der Waals surface area contributed by atoms with Crippen molar-refractivity contribution in [1.29, 1.82) is 0 Å². The van der Waals surface area contributed by atoms with Crippen LogP contribution in [0.25, 0.3) is 16.8 Å². The predicted molar refractivity (Wildman–Crippen MR) is 91.9 cm³/mol. The van der Waals surface area contributed by atoms with Gasteiger partial charge in [0.25, 0.3) is 5.91 Å². The quantitative estimate of drug-likeness (QED) is 0.772. The second kappa shape index (κ2) is 5.59. The number of carboxylic acid groups (broad SMARTS) is 1. The van der Waals surface area contributed by atoms with Crippen LogP contribution in [0.3, 0.4) is 0 Å². The maximum atomic E-state index is 11.8. The number of carboxylic acids is 1. The molecule has 1 aromatic heterocycles. The summed E-state index contributed by atoms with van der Waals surface area (Å²) >= 11 is 0. The van der Waals surface area contributed by atoms with E-state index in [0.29, 0.717) is 6.54 Å². The maximum absolute atomic E-state index is 11.8. The number of fused-ring (bicyclic) bond motifs is 1. The fraction of sp³-hybridized carbons (Fsp3) is 0.105. The molecule has 3 aromatic rings. The Hall–Kier alpha value is -3.41. The number of aromatic carboxylic acids is 1. The van der Waals surface area contributed by atoms with Gasteiger partial charge in [-0.25, -0.2) is 9.48 Å². The molecule has 2 N–H and O–H groups in total. The number of benzene rings is 2. The third kappa shape index (κ3) is 2.48. The zero-order valence-electron chi connectivity index (χ0n) is 13.5. The number of aromatic nitrogens is 2. The van der Waals surface area contributed by atoms with Crippen LogP contribution in [0.1, 0.15) is 32.1 Å². The van der Waals surface area contributed by atoms with Crippen molar-refractivity contribution < 1.29 is 14.7 Å². The van der Waals surface area contributed by atoms with Gasteiger partial charge >= 0.3 is 5.97 Å². The fourth-order valence-corrected chi connectivity index (χ4v) is 3.15. The van der Waals surface area contributed by atoms with Gasteiger partial charge in [0.1, 0.15) is 0 Å². The molecule has 1 amide bonds. The molecule has 6 nitrogen and oxygen atoms in total. The van der Waals surface area contributed by atoms with E-state index in [1.807, 2.05) is 49.4 Å². The number of hydrogen-bond donors (Lipinski definition) is 2. The standard InChI is InChI=1S/C19H15N3O3/c1-11-9-17(19(24)25)21-22(11)13-7-5-12(6-8-13)14-3-2-4-15-16(14)10-20-18(15)23/h2-9H,10H2,1H3,(H,20,23)(H,24,25). The molecule has 124 valence electrons. The molecule has 1 aliphatic heterocycles. The van der Waals surface area contributed by atoms with E-state index in [-0.39, 0.29) is 11.6 Å². The van der Waals surface area contributed by atoms with E-state index in [2.05, 4.69) is 10.4 Å². The van der Waals surface area contributed by atoms with Crippen molar-refractivity contribution in [3.8, 4) is 16.8 Å². The van der Waals surface area contributed by atoms with Crippen LogP contribution in [-0.4, -0.2) is 26.8 Å². The van der Waals surface area contributed by atoms with Crippen LogP contribution in [0.5, 0.6) is 0 Å². The lowest BCUT2D eigenvalue weighted by atomic mass is 9.97. The van der Waals surface area contributed by atoms with Crippen LogP contribution in [-0.2, 0) is 6.54 Å². The van der Waals surface area contributed by atoms with Crippen molar-refractivity contribution >= 4 is 11.9 Å². The molecule has 4 rings (SSSR count). The van der Waals surface area contributed by atoms with Gasteiger partial charge in [-0.05, 0) is 47.9 Å². The monoisotopic (exact) mass is 333 g/mol. The Labute approximate surface area is 143 Å². The van der Waals surface area contributed by atoms with E-state index in [9.17, 15) is 9.59 Å². The summed E-state index contributed by atoms with van der Waals surface area (Å²) in [4.78, 5) is 22.9. The number of amides is 1. The van der Waals surface area contributed by atoms with Crippen molar-refractivity contribution in [1.82, 2.24) is 15.1 Å². The molecule has 0 bridgehead atoms. The van der Waals surface area contributed by atoms with Gasteiger partial charge in [-0.3, -0.25) is 4.79 Å².